The number of hydrogen-bond acceptors (Lipinski definition) is 6. The van der Waals surface area contributed by atoms with Crippen molar-refractivity contribution >= 4 is 0 Å². The third kappa shape index (κ3) is 5.72. The van der Waals surface area contributed by atoms with Gasteiger partial charge in [-0.1, -0.05) is 43.0 Å². The molecule has 1 saturated heterocycles. The van der Waals surface area contributed by atoms with Gasteiger partial charge in [-0.2, -0.15) is 0 Å². The Morgan fingerprint density at radius 1 is 1.03 bits per heavy atom. The lowest BCUT2D eigenvalue weighted by Crippen LogP contribution is -2.35. The van der Waals surface area contributed by atoms with E-state index in [1.54, 1.807) is 6.92 Å². The SMILES string of the molecule is CC(CO)(Cc1ccc(C#Cc2ccc(CN3CCOCC3)cc2)cc1)c1nc[nH]c(=O)c1O. The number of hydrogen-bond donors (Lipinski definition) is 3. The van der Waals surface area contributed by atoms with Crippen LogP contribution >= 0.6 is 0 Å². The molecule has 1 atom stereocenters. The number of aliphatic hydroxyl groups excluding tert-OH is 1. The van der Waals surface area contributed by atoms with Crippen LogP contribution in [-0.2, 0) is 23.1 Å². The number of benzene rings is 2. The van der Waals surface area contributed by atoms with Gasteiger partial charge in [0.25, 0.3) is 5.56 Å². The summed E-state index contributed by atoms with van der Waals surface area (Å²) in [6.07, 6.45) is 1.64. The molecule has 1 fully saturated rings. The van der Waals surface area contributed by atoms with Crippen LogP contribution in [0.4, 0.5) is 0 Å². The quantitative estimate of drug-likeness (QED) is 0.489. The fourth-order valence-corrected chi connectivity index (χ4v) is 4.06. The van der Waals surface area contributed by atoms with E-state index in [9.17, 15) is 15.0 Å². The largest absolute Gasteiger partial charge is 0.502 e. The number of nitrogens with one attached hydrogen (secondary N) is 1. The van der Waals surface area contributed by atoms with Crippen LogP contribution in [0.5, 0.6) is 5.75 Å². The van der Waals surface area contributed by atoms with Crippen LogP contribution in [0.15, 0.2) is 59.7 Å². The van der Waals surface area contributed by atoms with E-state index in [0.717, 1.165) is 49.5 Å². The van der Waals surface area contributed by atoms with Crippen LogP contribution < -0.4 is 5.56 Å². The molecule has 0 aliphatic carbocycles. The lowest BCUT2D eigenvalue weighted by Gasteiger charge is -2.27. The molecule has 0 radical (unpaired) electrons. The van der Waals surface area contributed by atoms with Crippen molar-refractivity contribution in [2.24, 2.45) is 0 Å². The molecule has 2 heterocycles. The van der Waals surface area contributed by atoms with Crippen molar-refractivity contribution in [3.63, 3.8) is 0 Å². The van der Waals surface area contributed by atoms with Crippen LogP contribution in [-0.4, -0.2) is 58.0 Å². The first-order valence-electron chi connectivity index (χ1n) is 11.3. The molecule has 7 nitrogen and oxygen atoms in total. The van der Waals surface area contributed by atoms with E-state index in [1.165, 1.54) is 11.9 Å². The minimum Gasteiger partial charge on any atom is -0.502 e. The molecular formula is C27H29N3O4. The summed E-state index contributed by atoms with van der Waals surface area (Å²) < 4.78 is 5.40. The summed E-state index contributed by atoms with van der Waals surface area (Å²) >= 11 is 0. The summed E-state index contributed by atoms with van der Waals surface area (Å²) in [5.74, 6) is 5.93. The number of aromatic amines is 1. The molecule has 0 bridgehead atoms. The van der Waals surface area contributed by atoms with Gasteiger partial charge in [-0.15, -0.1) is 0 Å². The highest BCUT2D eigenvalue weighted by Gasteiger charge is 2.32. The highest BCUT2D eigenvalue weighted by molar-refractivity contribution is 5.44. The van der Waals surface area contributed by atoms with Crippen molar-refractivity contribution < 1.29 is 14.9 Å². The second-order valence-corrected chi connectivity index (χ2v) is 8.86. The first kappa shape index (κ1) is 23.7. The molecule has 3 aromatic rings. The number of H-pyrrole nitrogens is 1. The highest BCUT2D eigenvalue weighted by Crippen LogP contribution is 2.30. The molecular weight excluding hydrogens is 430 g/mol. The number of aliphatic hydroxyl groups is 1. The van der Waals surface area contributed by atoms with E-state index in [-0.39, 0.29) is 12.3 Å². The Kier molecular flexibility index (Phi) is 7.43. The van der Waals surface area contributed by atoms with E-state index in [0.29, 0.717) is 6.42 Å². The number of nitrogens with zero attached hydrogens (tertiary/aromatic N) is 2. The summed E-state index contributed by atoms with van der Waals surface area (Å²) in [5, 5.41) is 20.1. The number of morpholine rings is 1. The van der Waals surface area contributed by atoms with Crippen molar-refractivity contribution in [1.82, 2.24) is 14.9 Å². The maximum atomic E-state index is 11.7. The Bertz CT molecular complexity index is 1220. The zero-order chi connectivity index (χ0) is 24.0. The first-order chi connectivity index (χ1) is 16.5. The van der Waals surface area contributed by atoms with Gasteiger partial charge in [0.2, 0.25) is 5.75 Å². The molecule has 1 aromatic heterocycles. The molecule has 0 saturated carbocycles. The Hall–Kier alpha value is -3.44. The Labute approximate surface area is 199 Å². The molecule has 0 amide bonds. The fraction of sp³-hybridized carbons (Fsp3) is 0.333. The first-order valence-corrected chi connectivity index (χ1v) is 11.3. The van der Waals surface area contributed by atoms with Crippen molar-refractivity contribution in [3.05, 3.63) is 93.2 Å². The third-order valence-corrected chi connectivity index (χ3v) is 6.11. The van der Waals surface area contributed by atoms with Gasteiger partial charge in [0, 0.05) is 36.2 Å². The molecule has 1 aliphatic heterocycles. The van der Waals surface area contributed by atoms with E-state index >= 15 is 0 Å². The number of aromatic nitrogens is 2. The minimum absolute atomic E-state index is 0.180. The standard InChI is InChI=1S/C27H29N3O4/c1-27(18-31,25-24(32)26(33)29-19-28-25)16-22-8-4-20(5-9-22)2-3-21-6-10-23(11-7-21)17-30-12-14-34-15-13-30/h4-11,19,31-32H,12-18H2,1H3,(H,28,29,33). The number of ether oxygens (including phenoxy) is 1. The molecule has 176 valence electrons. The molecule has 34 heavy (non-hydrogen) atoms. The fourth-order valence-electron chi connectivity index (χ4n) is 4.06. The van der Waals surface area contributed by atoms with Gasteiger partial charge < -0.3 is 19.9 Å². The van der Waals surface area contributed by atoms with Crippen LogP contribution in [0, 0.1) is 11.8 Å². The molecule has 4 rings (SSSR count). The maximum Gasteiger partial charge on any atom is 0.293 e. The summed E-state index contributed by atoms with van der Waals surface area (Å²) in [7, 11) is 0. The molecule has 3 N–H and O–H groups in total. The molecule has 2 aromatic carbocycles. The predicted molar refractivity (Wildman–Crippen MR) is 130 cm³/mol. The van der Waals surface area contributed by atoms with Crippen molar-refractivity contribution in [2.75, 3.05) is 32.9 Å². The lowest BCUT2D eigenvalue weighted by atomic mass is 9.80. The zero-order valence-corrected chi connectivity index (χ0v) is 19.3. The summed E-state index contributed by atoms with van der Waals surface area (Å²) in [4.78, 5) is 20.6. The van der Waals surface area contributed by atoms with Gasteiger partial charge in [-0.25, -0.2) is 4.98 Å². The normalized spacial score (nSPS) is 15.8. The van der Waals surface area contributed by atoms with Gasteiger partial charge in [0.05, 0.1) is 31.8 Å². The molecule has 7 heteroatoms. The summed E-state index contributed by atoms with van der Waals surface area (Å²) in [6, 6.07) is 16.1. The Balaban J connectivity index is 1.41. The van der Waals surface area contributed by atoms with Gasteiger partial charge in [-0.3, -0.25) is 9.69 Å². The molecule has 1 unspecified atom stereocenters. The third-order valence-electron chi connectivity index (χ3n) is 6.11. The van der Waals surface area contributed by atoms with Gasteiger partial charge in [-0.05, 0) is 41.8 Å². The van der Waals surface area contributed by atoms with Crippen molar-refractivity contribution in [2.45, 2.75) is 25.3 Å². The van der Waals surface area contributed by atoms with Crippen LogP contribution in [0.1, 0.15) is 34.9 Å². The van der Waals surface area contributed by atoms with E-state index < -0.39 is 16.7 Å². The topological polar surface area (TPSA) is 98.7 Å². The van der Waals surface area contributed by atoms with Crippen LogP contribution in [0.3, 0.4) is 0 Å². The number of rotatable bonds is 6. The van der Waals surface area contributed by atoms with Crippen LogP contribution in [0.25, 0.3) is 0 Å². The molecule has 0 spiro atoms. The summed E-state index contributed by atoms with van der Waals surface area (Å²) in [6.45, 7) is 5.97. The number of aromatic hydroxyl groups is 1. The van der Waals surface area contributed by atoms with Gasteiger partial charge in [0.15, 0.2) is 0 Å². The van der Waals surface area contributed by atoms with Gasteiger partial charge >= 0.3 is 0 Å². The zero-order valence-electron chi connectivity index (χ0n) is 19.3. The van der Waals surface area contributed by atoms with Gasteiger partial charge in [0.1, 0.15) is 0 Å². The maximum absolute atomic E-state index is 11.7. The lowest BCUT2D eigenvalue weighted by molar-refractivity contribution is 0.0342. The Morgan fingerprint density at radius 2 is 1.62 bits per heavy atom. The monoisotopic (exact) mass is 459 g/mol. The van der Waals surface area contributed by atoms with E-state index in [1.807, 2.05) is 36.4 Å². The predicted octanol–water partition coefficient (Wildman–Crippen LogP) is 2.20. The average Bonchev–Trinajstić information content (AvgIpc) is 2.86. The van der Waals surface area contributed by atoms with E-state index in [2.05, 4.69) is 38.8 Å². The second-order valence-electron chi connectivity index (χ2n) is 8.86. The summed E-state index contributed by atoms with van der Waals surface area (Å²) in [5.41, 5.74) is 2.71. The Morgan fingerprint density at radius 3 is 2.21 bits per heavy atom. The van der Waals surface area contributed by atoms with Crippen molar-refractivity contribution in [3.8, 4) is 17.6 Å². The highest BCUT2D eigenvalue weighted by atomic mass is 16.5. The molecule has 1 aliphatic rings. The van der Waals surface area contributed by atoms with Crippen LogP contribution in [0.2, 0.25) is 0 Å². The van der Waals surface area contributed by atoms with E-state index in [4.69, 9.17) is 4.74 Å². The average molecular weight is 460 g/mol. The smallest absolute Gasteiger partial charge is 0.293 e. The second kappa shape index (κ2) is 10.7. The minimum atomic E-state index is -0.894. The van der Waals surface area contributed by atoms with Crippen molar-refractivity contribution in [1.29, 1.82) is 0 Å².